The Labute approximate surface area is 133 Å². The van der Waals surface area contributed by atoms with Crippen molar-refractivity contribution in [3.63, 3.8) is 0 Å². The predicted octanol–water partition coefficient (Wildman–Crippen LogP) is 6.15. The van der Waals surface area contributed by atoms with Gasteiger partial charge in [-0.25, -0.2) is 0 Å². The Balaban J connectivity index is 5.05. The van der Waals surface area contributed by atoms with E-state index in [0.717, 1.165) is 4.06 Å². The summed E-state index contributed by atoms with van der Waals surface area (Å²) in [5, 5.41) is 3.99. The third-order valence-electron chi connectivity index (χ3n) is 4.77. The molecule has 0 aromatic rings. The van der Waals surface area contributed by atoms with Gasteiger partial charge in [0.25, 0.3) is 0 Å². The van der Waals surface area contributed by atoms with E-state index in [1.807, 2.05) is 0 Å². The molecule has 0 saturated heterocycles. The standard InChI is InChI=1S/C6H14N.3C4H9.Sn/c1-4-5-7-6(2)3;3*1-3-4-2;/h5-7H,4H2,1-3H3;3*1,3-4H2,2H3;. The molecule has 0 aliphatic heterocycles. The summed E-state index contributed by atoms with van der Waals surface area (Å²) in [4.78, 5) is 0. The van der Waals surface area contributed by atoms with E-state index in [2.05, 4.69) is 46.9 Å². The molecule has 0 bridgehead atoms. The topological polar surface area (TPSA) is 12.0 Å². The number of nitrogens with one attached hydrogen (secondary N) is 1. The van der Waals surface area contributed by atoms with Gasteiger partial charge in [0.2, 0.25) is 0 Å². The first-order valence-electron chi connectivity index (χ1n) is 9.32. The maximum absolute atomic E-state index is 3.99. The van der Waals surface area contributed by atoms with Gasteiger partial charge >= 0.3 is 134 Å². The molecule has 1 unspecified atom stereocenters. The summed E-state index contributed by atoms with van der Waals surface area (Å²) in [5.74, 6) is 0. The summed E-state index contributed by atoms with van der Waals surface area (Å²) in [6, 6.07) is 0.654. The SMILES string of the molecule is CCC[CH2][Sn]([CH2]CCC)([CH2]CCC)[CH](CC)NC(C)C. The van der Waals surface area contributed by atoms with Crippen molar-refractivity contribution in [3.05, 3.63) is 0 Å². The Morgan fingerprint density at radius 2 is 1.15 bits per heavy atom. The van der Waals surface area contributed by atoms with Crippen LogP contribution in [0, 0.1) is 0 Å². The average molecular weight is 390 g/mol. The van der Waals surface area contributed by atoms with Crippen LogP contribution >= 0.6 is 0 Å². The Hall–Kier alpha value is 0.759. The molecule has 0 amide bonds. The summed E-state index contributed by atoms with van der Waals surface area (Å²) in [5.41, 5.74) is 0. The van der Waals surface area contributed by atoms with E-state index < -0.39 is 18.4 Å². The van der Waals surface area contributed by atoms with Crippen molar-refractivity contribution in [3.8, 4) is 0 Å². The first kappa shape index (κ1) is 20.8. The fourth-order valence-electron chi connectivity index (χ4n) is 3.61. The van der Waals surface area contributed by atoms with Gasteiger partial charge in [0, 0.05) is 0 Å². The van der Waals surface area contributed by atoms with Gasteiger partial charge in [0.15, 0.2) is 0 Å². The quantitative estimate of drug-likeness (QED) is 0.372. The first-order chi connectivity index (χ1) is 9.56. The predicted molar refractivity (Wildman–Crippen MR) is 97.2 cm³/mol. The van der Waals surface area contributed by atoms with Gasteiger partial charge in [-0.1, -0.05) is 0 Å². The molecule has 122 valence electrons. The molecule has 0 aromatic heterocycles. The molecule has 0 radical (unpaired) electrons. The Morgan fingerprint density at radius 3 is 1.40 bits per heavy atom. The van der Waals surface area contributed by atoms with E-state index in [1.54, 1.807) is 13.3 Å². The van der Waals surface area contributed by atoms with Crippen molar-refractivity contribution in [2.45, 2.75) is 110 Å². The summed E-state index contributed by atoms with van der Waals surface area (Å²) >= 11 is -2.03. The molecular formula is C18H41NSn. The Morgan fingerprint density at radius 1 is 0.750 bits per heavy atom. The van der Waals surface area contributed by atoms with Crippen LogP contribution in [0.4, 0.5) is 0 Å². The normalized spacial score (nSPS) is 13.9. The third-order valence-corrected chi connectivity index (χ3v) is 22.2. The summed E-state index contributed by atoms with van der Waals surface area (Å²) in [6.07, 6.45) is 9.98. The zero-order valence-corrected chi connectivity index (χ0v) is 18.1. The second-order valence-corrected chi connectivity index (χ2v) is 21.0. The second-order valence-electron chi connectivity index (χ2n) is 6.96. The van der Waals surface area contributed by atoms with Crippen molar-refractivity contribution in [1.29, 1.82) is 0 Å². The van der Waals surface area contributed by atoms with Crippen LogP contribution in [-0.2, 0) is 0 Å². The van der Waals surface area contributed by atoms with Crippen molar-refractivity contribution in [2.75, 3.05) is 0 Å². The molecular weight excluding hydrogens is 349 g/mol. The molecule has 0 rings (SSSR count). The van der Waals surface area contributed by atoms with Gasteiger partial charge < -0.3 is 0 Å². The second kappa shape index (κ2) is 12.3. The van der Waals surface area contributed by atoms with Crippen molar-refractivity contribution >= 4 is 18.4 Å². The first-order valence-corrected chi connectivity index (χ1v) is 17.0. The van der Waals surface area contributed by atoms with Crippen LogP contribution in [0.3, 0.4) is 0 Å². The summed E-state index contributed by atoms with van der Waals surface area (Å²) in [7, 11) is 0. The van der Waals surface area contributed by atoms with Crippen molar-refractivity contribution in [1.82, 2.24) is 5.32 Å². The monoisotopic (exact) mass is 391 g/mol. The third kappa shape index (κ3) is 7.68. The van der Waals surface area contributed by atoms with Gasteiger partial charge in [-0.15, -0.1) is 0 Å². The van der Waals surface area contributed by atoms with Gasteiger partial charge in [0.1, 0.15) is 0 Å². The molecule has 0 saturated carbocycles. The molecule has 0 heterocycles. The molecule has 20 heavy (non-hydrogen) atoms. The minimum atomic E-state index is -2.03. The van der Waals surface area contributed by atoms with Gasteiger partial charge in [-0.2, -0.15) is 0 Å². The number of hydrogen-bond donors (Lipinski definition) is 1. The molecule has 0 aromatic carbocycles. The minimum absolute atomic E-state index is 0.654. The van der Waals surface area contributed by atoms with Gasteiger partial charge in [-0.05, 0) is 0 Å². The fraction of sp³-hybridized carbons (Fsp3) is 1.00. The van der Waals surface area contributed by atoms with Crippen LogP contribution < -0.4 is 5.32 Å². The number of hydrogen-bond acceptors (Lipinski definition) is 1. The van der Waals surface area contributed by atoms with Crippen molar-refractivity contribution < 1.29 is 0 Å². The Bertz CT molecular complexity index is 194. The molecule has 2 heteroatoms. The maximum atomic E-state index is 3.99. The fourth-order valence-corrected chi connectivity index (χ4v) is 22.2. The van der Waals surface area contributed by atoms with E-state index >= 15 is 0 Å². The Kier molecular flexibility index (Phi) is 12.8. The number of unbranched alkanes of at least 4 members (excludes halogenated alkanes) is 3. The number of rotatable bonds is 13. The van der Waals surface area contributed by atoms with Crippen LogP contribution in [-0.4, -0.2) is 28.5 Å². The van der Waals surface area contributed by atoms with Crippen LogP contribution in [0.25, 0.3) is 0 Å². The molecule has 1 nitrogen and oxygen atoms in total. The van der Waals surface area contributed by atoms with Crippen LogP contribution in [0.15, 0.2) is 0 Å². The van der Waals surface area contributed by atoms with Crippen molar-refractivity contribution in [2.24, 2.45) is 0 Å². The van der Waals surface area contributed by atoms with E-state index in [9.17, 15) is 0 Å². The molecule has 0 fully saturated rings. The molecule has 1 N–H and O–H groups in total. The van der Waals surface area contributed by atoms with E-state index in [4.69, 9.17) is 0 Å². The van der Waals surface area contributed by atoms with E-state index in [-0.39, 0.29) is 0 Å². The molecule has 0 aliphatic rings. The van der Waals surface area contributed by atoms with Crippen LogP contribution in [0.2, 0.25) is 13.3 Å². The average Bonchev–Trinajstić information content (AvgIpc) is 2.44. The molecule has 0 aliphatic carbocycles. The molecule has 1 atom stereocenters. The summed E-state index contributed by atoms with van der Waals surface area (Å²) < 4.78 is 5.80. The van der Waals surface area contributed by atoms with Gasteiger partial charge in [0.05, 0.1) is 0 Å². The summed E-state index contributed by atoms with van der Waals surface area (Å²) in [6.45, 7) is 14.2. The zero-order valence-electron chi connectivity index (χ0n) is 15.2. The van der Waals surface area contributed by atoms with Gasteiger partial charge in [-0.3, -0.25) is 0 Å². The molecule has 0 spiro atoms. The van der Waals surface area contributed by atoms with Crippen LogP contribution in [0.1, 0.15) is 86.5 Å². The zero-order chi connectivity index (χ0) is 15.4. The van der Waals surface area contributed by atoms with Crippen LogP contribution in [0.5, 0.6) is 0 Å². The van der Waals surface area contributed by atoms with E-state index in [0.29, 0.717) is 6.04 Å². The van der Waals surface area contributed by atoms with E-state index in [1.165, 1.54) is 44.9 Å².